The van der Waals surface area contributed by atoms with Crippen LogP contribution in [0.3, 0.4) is 0 Å². The number of benzene rings is 1. The Labute approximate surface area is 159 Å². The molecule has 0 atom stereocenters. The predicted molar refractivity (Wildman–Crippen MR) is 101 cm³/mol. The molecule has 0 unspecified atom stereocenters. The van der Waals surface area contributed by atoms with Crippen molar-refractivity contribution in [2.45, 2.75) is 6.92 Å². The summed E-state index contributed by atoms with van der Waals surface area (Å²) in [5.41, 5.74) is 0.00897. The van der Waals surface area contributed by atoms with Crippen molar-refractivity contribution in [3.05, 3.63) is 77.1 Å². The fourth-order valence-corrected chi connectivity index (χ4v) is 3.64. The van der Waals surface area contributed by atoms with Gasteiger partial charge in [0.15, 0.2) is 0 Å². The van der Waals surface area contributed by atoms with E-state index >= 15 is 0 Å². The van der Waals surface area contributed by atoms with Crippen LogP contribution in [-0.4, -0.2) is 14.6 Å². The molecule has 0 saturated heterocycles. The maximum absolute atomic E-state index is 12.4. The highest BCUT2D eigenvalue weighted by molar-refractivity contribution is 7.15. The van der Waals surface area contributed by atoms with Gasteiger partial charge in [-0.3, -0.25) is 9.59 Å². The molecule has 0 radical (unpaired) electrons. The van der Waals surface area contributed by atoms with E-state index in [4.69, 9.17) is 27.6 Å². The maximum Gasteiger partial charge on any atom is 0.295 e. The summed E-state index contributed by atoms with van der Waals surface area (Å²) in [6.45, 7) is 1.51. The number of nitrogens with zero attached hydrogens (tertiary/aromatic N) is 3. The van der Waals surface area contributed by atoms with E-state index in [1.54, 1.807) is 36.4 Å². The van der Waals surface area contributed by atoms with Gasteiger partial charge in [0.05, 0.1) is 5.02 Å². The minimum atomic E-state index is -0.450. The summed E-state index contributed by atoms with van der Waals surface area (Å²) in [5.74, 6) is 0.985. The quantitative estimate of drug-likeness (QED) is 0.512. The minimum absolute atomic E-state index is 0.167. The van der Waals surface area contributed by atoms with Crippen molar-refractivity contribution in [3.63, 3.8) is 0 Å². The fourth-order valence-electron chi connectivity index (χ4n) is 2.38. The Morgan fingerprint density at radius 1 is 1.19 bits per heavy atom. The van der Waals surface area contributed by atoms with Crippen LogP contribution in [0.4, 0.5) is 0 Å². The van der Waals surface area contributed by atoms with Crippen LogP contribution >= 0.6 is 34.5 Å². The average molecular weight is 406 g/mol. The molecule has 130 valence electrons. The molecule has 0 N–H and O–H groups in total. The molecule has 26 heavy (non-hydrogen) atoms. The molecular formula is C17H9Cl2N3O3S. The van der Waals surface area contributed by atoms with Crippen molar-refractivity contribution in [1.82, 2.24) is 14.6 Å². The van der Waals surface area contributed by atoms with Crippen LogP contribution in [0.25, 0.3) is 22.4 Å². The zero-order valence-electron chi connectivity index (χ0n) is 13.2. The molecule has 4 aromatic rings. The van der Waals surface area contributed by atoms with Gasteiger partial charge in [-0.05, 0) is 37.3 Å². The van der Waals surface area contributed by atoms with E-state index in [0.717, 1.165) is 15.9 Å². The Bertz CT molecular complexity index is 1320. The molecule has 0 fully saturated rings. The SMILES string of the molecule is Cc1nn2c(=O)/c(=C/c3ccc(-c4cc(Cl)ccc4Cl)o3)sc2nc1=O. The number of thiazole rings is 1. The molecule has 6 nitrogen and oxygen atoms in total. The fraction of sp³-hybridized carbons (Fsp3) is 0.0588. The average Bonchev–Trinajstić information content (AvgIpc) is 3.17. The molecule has 0 aliphatic carbocycles. The standard InChI is InChI=1S/C17H9Cl2N3O3S/c1-8-15(23)20-17-22(21-8)16(24)14(26-17)7-10-3-5-13(25-10)11-6-9(18)2-4-12(11)19/h2-7H,1H3/b14-7-. The summed E-state index contributed by atoms with van der Waals surface area (Å²) in [7, 11) is 0. The number of hydrogen-bond acceptors (Lipinski definition) is 6. The Kier molecular flexibility index (Phi) is 4.14. The third kappa shape index (κ3) is 2.94. The summed E-state index contributed by atoms with van der Waals surface area (Å²) in [5, 5.41) is 5.01. The first kappa shape index (κ1) is 17.0. The zero-order chi connectivity index (χ0) is 18.4. The first-order chi connectivity index (χ1) is 12.4. The second kappa shape index (κ2) is 6.35. The van der Waals surface area contributed by atoms with Crippen molar-refractivity contribution in [2.24, 2.45) is 0 Å². The molecule has 0 saturated carbocycles. The molecule has 4 rings (SSSR count). The van der Waals surface area contributed by atoms with Crippen LogP contribution in [0.1, 0.15) is 11.5 Å². The number of aryl methyl sites for hydroxylation is 1. The first-order valence-electron chi connectivity index (χ1n) is 7.40. The Hall–Kier alpha value is -2.48. The van der Waals surface area contributed by atoms with E-state index in [-0.39, 0.29) is 16.2 Å². The Balaban J connectivity index is 1.83. The van der Waals surface area contributed by atoms with Gasteiger partial charge in [-0.15, -0.1) is 0 Å². The number of aromatic nitrogens is 3. The van der Waals surface area contributed by atoms with Gasteiger partial charge in [-0.25, -0.2) is 0 Å². The van der Waals surface area contributed by atoms with Crippen LogP contribution in [0, 0.1) is 6.92 Å². The summed E-state index contributed by atoms with van der Waals surface area (Å²) in [6, 6.07) is 8.53. The van der Waals surface area contributed by atoms with Gasteiger partial charge in [0, 0.05) is 16.7 Å². The lowest BCUT2D eigenvalue weighted by atomic mass is 10.2. The molecule has 1 aromatic carbocycles. The van der Waals surface area contributed by atoms with Gasteiger partial charge < -0.3 is 4.42 Å². The molecule has 0 aliphatic heterocycles. The third-order valence-corrected chi connectivity index (χ3v) is 5.16. The van der Waals surface area contributed by atoms with E-state index in [9.17, 15) is 9.59 Å². The second-order valence-electron chi connectivity index (χ2n) is 5.44. The van der Waals surface area contributed by atoms with Crippen LogP contribution in [-0.2, 0) is 0 Å². The maximum atomic E-state index is 12.4. The van der Waals surface area contributed by atoms with Gasteiger partial charge in [0.25, 0.3) is 11.1 Å². The molecular weight excluding hydrogens is 397 g/mol. The molecule has 3 heterocycles. The van der Waals surface area contributed by atoms with Gasteiger partial charge in [-0.1, -0.05) is 34.5 Å². The predicted octanol–water partition coefficient (Wildman–Crippen LogP) is 2.93. The zero-order valence-corrected chi connectivity index (χ0v) is 15.5. The van der Waals surface area contributed by atoms with Crippen LogP contribution in [0.5, 0.6) is 0 Å². The smallest absolute Gasteiger partial charge is 0.295 e. The number of rotatable bonds is 2. The van der Waals surface area contributed by atoms with Crippen LogP contribution < -0.4 is 15.7 Å². The van der Waals surface area contributed by atoms with Crippen molar-refractivity contribution in [1.29, 1.82) is 0 Å². The van der Waals surface area contributed by atoms with E-state index in [1.807, 2.05) is 0 Å². The number of halogens is 2. The van der Waals surface area contributed by atoms with E-state index in [0.29, 0.717) is 31.7 Å². The van der Waals surface area contributed by atoms with Crippen molar-refractivity contribution in [2.75, 3.05) is 0 Å². The highest BCUT2D eigenvalue weighted by Crippen LogP contribution is 2.31. The van der Waals surface area contributed by atoms with E-state index < -0.39 is 5.56 Å². The third-order valence-electron chi connectivity index (χ3n) is 3.64. The van der Waals surface area contributed by atoms with E-state index in [1.165, 1.54) is 6.92 Å². The summed E-state index contributed by atoms with van der Waals surface area (Å²) < 4.78 is 7.24. The first-order valence-corrected chi connectivity index (χ1v) is 8.97. The minimum Gasteiger partial charge on any atom is -0.457 e. The summed E-state index contributed by atoms with van der Waals surface area (Å²) >= 11 is 13.3. The van der Waals surface area contributed by atoms with Gasteiger partial charge in [0.2, 0.25) is 4.96 Å². The lowest BCUT2D eigenvalue weighted by Gasteiger charge is -2.00. The molecule has 9 heteroatoms. The highest BCUT2D eigenvalue weighted by Gasteiger charge is 2.11. The molecule has 0 spiro atoms. The van der Waals surface area contributed by atoms with Crippen molar-refractivity contribution in [3.8, 4) is 11.3 Å². The Morgan fingerprint density at radius 3 is 2.81 bits per heavy atom. The highest BCUT2D eigenvalue weighted by atomic mass is 35.5. The Morgan fingerprint density at radius 2 is 2.00 bits per heavy atom. The van der Waals surface area contributed by atoms with Gasteiger partial charge in [0.1, 0.15) is 21.7 Å². The van der Waals surface area contributed by atoms with Crippen molar-refractivity contribution >= 4 is 45.6 Å². The lowest BCUT2D eigenvalue weighted by Crippen LogP contribution is -2.27. The number of fused-ring (bicyclic) bond motifs is 1. The van der Waals surface area contributed by atoms with Crippen LogP contribution in [0.2, 0.25) is 10.0 Å². The second-order valence-corrected chi connectivity index (χ2v) is 7.29. The van der Waals surface area contributed by atoms with E-state index in [2.05, 4.69) is 10.1 Å². The lowest BCUT2D eigenvalue weighted by molar-refractivity contribution is 0.571. The van der Waals surface area contributed by atoms with Gasteiger partial charge >= 0.3 is 0 Å². The van der Waals surface area contributed by atoms with Crippen LogP contribution in [0.15, 0.2) is 44.3 Å². The molecule has 3 aromatic heterocycles. The number of hydrogen-bond donors (Lipinski definition) is 0. The number of furan rings is 1. The summed E-state index contributed by atoms with van der Waals surface area (Å²) in [4.78, 5) is 28.1. The monoisotopic (exact) mass is 405 g/mol. The largest absolute Gasteiger partial charge is 0.457 e. The summed E-state index contributed by atoms with van der Waals surface area (Å²) in [6.07, 6.45) is 1.57. The normalized spacial score (nSPS) is 12.2. The molecule has 0 aliphatic rings. The van der Waals surface area contributed by atoms with Gasteiger partial charge in [-0.2, -0.15) is 14.6 Å². The van der Waals surface area contributed by atoms with Crippen molar-refractivity contribution < 1.29 is 4.42 Å². The molecule has 0 bridgehead atoms. The molecule has 0 amide bonds. The topological polar surface area (TPSA) is 77.5 Å².